The van der Waals surface area contributed by atoms with E-state index in [1.807, 2.05) is 0 Å². The smallest absolute Gasteiger partial charge is 0.356 e. The number of carbonyl (C=O) groups is 1. The molecule has 24 heavy (non-hydrogen) atoms. The Hall–Kier alpha value is -2.34. The fourth-order valence-corrected chi connectivity index (χ4v) is 2.90. The molecule has 0 bridgehead atoms. The van der Waals surface area contributed by atoms with Crippen LogP contribution in [0.15, 0.2) is 30.3 Å². The van der Waals surface area contributed by atoms with Gasteiger partial charge in [0, 0.05) is 13.2 Å². The van der Waals surface area contributed by atoms with Crippen molar-refractivity contribution in [3.63, 3.8) is 0 Å². The number of aromatic nitrogens is 1. The molecule has 0 unspecified atom stereocenters. The van der Waals surface area contributed by atoms with Crippen molar-refractivity contribution in [2.75, 3.05) is 20.3 Å². The molecule has 1 aliphatic heterocycles. The Labute approximate surface area is 138 Å². The second-order valence-corrected chi connectivity index (χ2v) is 5.65. The summed E-state index contributed by atoms with van der Waals surface area (Å²) >= 11 is 0. The molecule has 0 amide bonds. The SMILES string of the molecule is COC(=O)c1cccc(-c2c(F)cc(C3CCOCC3)cc2F)n1. The van der Waals surface area contributed by atoms with Crippen LogP contribution in [0.1, 0.15) is 34.8 Å². The van der Waals surface area contributed by atoms with Crippen molar-refractivity contribution in [3.05, 3.63) is 53.2 Å². The third-order valence-corrected chi connectivity index (χ3v) is 4.16. The van der Waals surface area contributed by atoms with Gasteiger partial charge in [-0.15, -0.1) is 0 Å². The molecule has 126 valence electrons. The first-order valence-electron chi connectivity index (χ1n) is 7.72. The van der Waals surface area contributed by atoms with E-state index in [2.05, 4.69) is 9.72 Å². The highest BCUT2D eigenvalue weighted by atomic mass is 19.1. The van der Waals surface area contributed by atoms with Gasteiger partial charge < -0.3 is 9.47 Å². The van der Waals surface area contributed by atoms with Gasteiger partial charge in [-0.05, 0) is 48.6 Å². The highest BCUT2D eigenvalue weighted by Gasteiger charge is 2.21. The summed E-state index contributed by atoms with van der Waals surface area (Å²) < 4.78 is 38.9. The van der Waals surface area contributed by atoms with Crippen LogP contribution in [-0.4, -0.2) is 31.3 Å². The number of rotatable bonds is 3. The molecule has 2 heterocycles. The lowest BCUT2D eigenvalue weighted by Gasteiger charge is -2.23. The van der Waals surface area contributed by atoms with Gasteiger partial charge in [-0.1, -0.05) is 6.07 Å². The fourth-order valence-electron chi connectivity index (χ4n) is 2.90. The van der Waals surface area contributed by atoms with Gasteiger partial charge in [0.15, 0.2) is 0 Å². The molecule has 3 rings (SSSR count). The molecule has 1 fully saturated rings. The van der Waals surface area contributed by atoms with Crippen LogP contribution in [0.3, 0.4) is 0 Å². The predicted molar refractivity (Wildman–Crippen MR) is 83.7 cm³/mol. The summed E-state index contributed by atoms with van der Waals surface area (Å²) in [6.07, 6.45) is 1.49. The zero-order valence-electron chi connectivity index (χ0n) is 13.2. The fraction of sp³-hybridized carbons (Fsp3) is 0.333. The number of carbonyl (C=O) groups excluding carboxylic acids is 1. The summed E-state index contributed by atoms with van der Waals surface area (Å²) in [5.74, 6) is -1.94. The second-order valence-electron chi connectivity index (χ2n) is 5.65. The minimum Gasteiger partial charge on any atom is -0.464 e. The third kappa shape index (κ3) is 3.28. The van der Waals surface area contributed by atoms with Gasteiger partial charge in [-0.25, -0.2) is 18.6 Å². The van der Waals surface area contributed by atoms with Crippen LogP contribution < -0.4 is 0 Å². The van der Waals surface area contributed by atoms with Crippen molar-refractivity contribution < 1.29 is 23.0 Å². The summed E-state index contributed by atoms with van der Waals surface area (Å²) in [6, 6.07) is 7.10. The van der Waals surface area contributed by atoms with E-state index in [4.69, 9.17) is 4.74 Å². The van der Waals surface area contributed by atoms with E-state index in [1.165, 1.54) is 37.4 Å². The number of methoxy groups -OCH3 is 1. The Morgan fingerprint density at radius 1 is 1.21 bits per heavy atom. The number of pyridine rings is 1. The van der Waals surface area contributed by atoms with Gasteiger partial charge >= 0.3 is 5.97 Å². The van der Waals surface area contributed by atoms with Gasteiger partial charge in [-0.2, -0.15) is 0 Å². The molecule has 1 aliphatic rings. The summed E-state index contributed by atoms with van der Waals surface area (Å²) in [6.45, 7) is 1.19. The van der Waals surface area contributed by atoms with E-state index in [0.717, 1.165) is 12.8 Å². The Balaban J connectivity index is 1.98. The molecule has 0 saturated carbocycles. The molecular weight excluding hydrogens is 316 g/mol. The molecule has 1 saturated heterocycles. The minimum atomic E-state index is -0.689. The van der Waals surface area contributed by atoms with Crippen LogP contribution in [0.2, 0.25) is 0 Å². The largest absolute Gasteiger partial charge is 0.464 e. The Morgan fingerprint density at radius 2 is 1.88 bits per heavy atom. The van der Waals surface area contributed by atoms with Crippen molar-refractivity contribution in [1.29, 1.82) is 0 Å². The van der Waals surface area contributed by atoms with Gasteiger partial charge in [0.05, 0.1) is 18.4 Å². The van der Waals surface area contributed by atoms with Crippen molar-refractivity contribution in [2.24, 2.45) is 0 Å². The highest BCUT2D eigenvalue weighted by molar-refractivity contribution is 5.87. The van der Waals surface area contributed by atoms with Crippen molar-refractivity contribution in [2.45, 2.75) is 18.8 Å². The number of ether oxygens (including phenoxy) is 2. The minimum absolute atomic E-state index is 0.00214. The third-order valence-electron chi connectivity index (χ3n) is 4.16. The van der Waals surface area contributed by atoms with E-state index >= 15 is 0 Å². The van der Waals surface area contributed by atoms with Crippen LogP contribution >= 0.6 is 0 Å². The topological polar surface area (TPSA) is 48.4 Å². The van der Waals surface area contributed by atoms with E-state index in [9.17, 15) is 13.6 Å². The zero-order valence-corrected chi connectivity index (χ0v) is 13.2. The molecule has 4 nitrogen and oxygen atoms in total. The first-order chi connectivity index (χ1) is 11.6. The highest BCUT2D eigenvalue weighted by Crippen LogP contribution is 2.32. The van der Waals surface area contributed by atoms with Gasteiger partial charge in [-0.3, -0.25) is 0 Å². The van der Waals surface area contributed by atoms with Gasteiger partial charge in [0.25, 0.3) is 0 Å². The second kappa shape index (κ2) is 7.05. The molecule has 0 spiro atoms. The predicted octanol–water partition coefficient (Wildman–Crippen LogP) is 3.71. The lowest BCUT2D eigenvalue weighted by Crippen LogP contribution is -2.14. The average Bonchev–Trinajstić information content (AvgIpc) is 2.61. The van der Waals surface area contributed by atoms with E-state index in [-0.39, 0.29) is 22.9 Å². The molecular formula is C18H17F2NO3. The maximum atomic E-state index is 14.5. The lowest BCUT2D eigenvalue weighted by molar-refractivity contribution is 0.0594. The van der Waals surface area contributed by atoms with Crippen LogP contribution in [0, 0.1) is 11.6 Å². The molecule has 2 aromatic rings. The van der Waals surface area contributed by atoms with E-state index in [0.29, 0.717) is 18.8 Å². The van der Waals surface area contributed by atoms with Crippen LogP contribution in [0.25, 0.3) is 11.3 Å². The van der Waals surface area contributed by atoms with Crippen molar-refractivity contribution in [3.8, 4) is 11.3 Å². The summed E-state index contributed by atoms with van der Waals surface area (Å²) in [5, 5.41) is 0. The summed E-state index contributed by atoms with van der Waals surface area (Å²) in [4.78, 5) is 15.5. The average molecular weight is 333 g/mol. The van der Waals surface area contributed by atoms with Gasteiger partial charge in [0.1, 0.15) is 17.3 Å². The van der Waals surface area contributed by atoms with E-state index < -0.39 is 17.6 Å². The number of hydrogen-bond donors (Lipinski definition) is 0. The number of hydrogen-bond acceptors (Lipinski definition) is 4. The monoisotopic (exact) mass is 333 g/mol. The molecule has 1 aromatic heterocycles. The Morgan fingerprint density at radius 3 is 2.50 bits per heavy atom. The molecule has 0 atom stereocenters. The zero-order chi connectivity index (χ0) is 17.1. The molecule has 0 radical (unpaired) electrons. The standard InChI is InChI=1S/C18H17F2NO3/c1-23-18(22)16-4-2-3-15(21-16)17-13(19)9-12(10-14(17)20)11-5-7-24-8-6-11/h2-4,9-11H,5-8H2,1H3. The molecule has 6 heteroatoms. The maximum Gasteiger partial charge on any atom is 0.356 e. The molecule has 0 aliphatic carbocycles. The first kappa shape index (κ1) is 16.5. The number of esters is 1. The number of nitrogens with zero attached hydrogens (tertiary/aromatic N) is 1. The number of benzene rings is 1. The lowest BCUT2D eigenvalue weighted by atomic mass is 9.90. The first-order valence-corrected chi connectivity index (χ1v) is 7.72. The quantitative estimate of drug-likeness (QED) is 0.804. The normalized spacial score (nSPS) is 15.3. The number of halogens is 2. The van der Waals surface area contributed by atoms with Crippen LogP contribution in [-0.2, 0) is 9.47 Å². The van der Waals surface area contributed by atoms with Crippen molar-refractivity contribution >= 4 is 5.97 Å². The van der Waals surface area contributed by atoms with Crippen LogP contribution in [0.4, 0.5) is 8.78 Å². The Kier molecular flexibility index (Phi) is 4.85. The Bertz CT molecular complexity index is 735. The van der Waals surface area contributed by atoms with E-state index in [1.54, 1.807) is 0 Å². The maximum absolute atomic E-state index is 14.5. The molecule has 1 aromatic carbocycles. The van der Waals surface area contributed by atoms with Crippen molar-refractivity contribution in [1.82, 2.24) is 4.98 Å². The summed E-state index contributed by atoms with van der Waals surface area (Å²) in [5.41, 5.74) is 0.450. The van der Waals surface area contributed by atoms with Gasteiger partial charge in [0.2, 0.25) is 0 Å². The summed E-state index contributed by atoms with van der Waals surface area (Å²) in [7, 11) is 1.22. The molecule has 0 N–H and O–H groups in total. The van der Waals surface area contributed by atoms with Crippen LogP contribution in [0.5, 0.6) is 0 Å².